The first-order valence-corrected chi connectivity index (χ1v) is 6.89. The fourth-order valence-electron chi connectivity index (χ4n) is 3.49. The number of carbonyl (C=O) groups excluding carboxylic acids is 1. The van der Waals surface area contributed by atoms with Crippen molar-refractivity contribution >= 4 is 17.3 Å². The maximum absolute atomic E-state index is 12.5. The average Bonchev–Trinajstić information content (AvgIpc) is 2.86. The number of nitrogens with zero attached hydrogens (tertiary/aromatic N) is 1. The number of benzene rings is 1. The van der Waals surface area contributed by atoms with Gasteiger partial charge in [0.05, 0.1) is 0 Å². The Labute approximate surface area is 108 Å². The van der Waals surface area contributed by atoms with Crippen LogP contribution in [0.5, 0.6) is 0 Å². The van der Waals surface area contributed by atoms with Gasteiger partial charge < -0.3 is 10.6 Å². The second-order valence-electron chi connectivity index (χ2n) is 5.46. The Bertz CT molecular complexity index is 444. The van der Waals surface area contributed by atoms with E-state index in [1.807, 2.05) is 36.1 Å². The van der Waals surface area contributed by atoms with E-state index >= 15 is 0 Å². The molecule has 3 rings (SSSR count). The van der Waals surface area contributed by atoms with Gasteiger partial charge in [0.2, 0.25) is 5.91 Å². The molecule has 3 nitrogen and oxygen atoms in total. The van der Waals surface area contributed by atoms with Crippen LogP contribution >= 0.6 is 0 Å². The van der Waals surface area contributed by atoms with Crippen molar-refractivity contribution in [2.45, 2.75) is 26.2 Å². The topological polar surface area (TPSA) is 46.3 Å². The lowest BCUT2D eigenvalue weighted by Crippen LogP contribution is -2.33. The normalized spacial score (nSPS) is 28.8. The predicted molar refractivity (Wildman–Crippen MR) is 73.2 cm³/mol. The SMILES string of the molecule is CCN(C(=O)C1C2CCCC21)c1ccc(N)cc1. The van der Waals surface area contributed by atoms with Gasteiger partial charge in [-0.1, -0.05) is 6.42 Å². The van der Waals surface area contributed by atoms with Gasteiger partial charge in [0, 0.05) is 23.8 Å². The molecule has 2 aliphatic carbocycles. The lowest BCUT2D eigenvalue weighted by atomic mass is 10.1. The number of hydrogen-bond donors (Lipinski definition) is 1. The Hall–Kier alpha value is -1.51. The number of amides is 1. The van der Waals surface area contributed by atoms with Gasteiger partial charge in [0.1, 0.15) is 0 Å². The summed E-state index contributed by atoms with van der Waals surface area (Å²) in [6, 6.07) is 7.60. The molecule has 3 heteroatoms. The van der Waals surface area contributed by atoms with Crippen molar-refractivity contribution in [3.8, 4) is 0 Å². The Morgan fingerprint density at radius 3 is 2.44 bits per heavy atom. The first-order valence-electron chi connectivity index (χ1n) is 6.89. The van der Waals surface area contributed by atoms with Crippen LogP contribution in [0.3, 0.4) is 0 Å². The van der Waals surface area contributed by atoms with E-state index in [4.69, 9.17) is 5.73 Å². The van der Waals surface area contributed by atoms with Crippen molar-refractivity contribution in [3.05, 3.63) is 24.3 Å². The highest BCUT2D eigenvalue weighted by molar-refractivity contribution is 5.97. The number of carbonyl (C=O) groups is 1. The summed E-state index contributed by atoms with van der Waals surface area (Å²) >= 11 is 0. The van der Waals surface area contributed by atoms with Crippen LogP contribution in [0.25, 0.3) is 0 Å². The highest BCUT2D eigenvalue weighted by atomic mass is 16.2. The van der Waals surface area contributed by atoms with Gasteiger partial charge in [0.25, 0.3) is 0 Å². The molecule has 1 aromatic carbocycles. The Morgan fingerprint density at radius 1 is 1.28 bits per heavy atom. The van der Waals surface area contributed by atoms with Gasteiger partial charge in [-0.3, -0.25) is 4.79 Å². The molecule has 2 atom stereocenters. The zero-order chi connectivity index (χ0) is 12.7. The zero-order valence-electron chi connectivity index (χ0n) is 10.8. The zero-order valence-corrected chi connectivity index (χ0v) is 10.8. The largest absolute Gasteiger partial charge is 0.399 e. The molecule has 2 unspecified atom stereocenters. The van der Waals surface area contributed by atoms with E-state index in [0.717, 1.165) is 17.9 Å². The third-order valence-electron chi connectivity index (χ3n) is 4.48. The van der Waals surface area contributed by atoms with Gasteiger partial charge in [0.15, 0.2) is 0 Å². The van der Waals surface area contributed by atoms with Crippen molar-refractivity contribution in [3.63, 3.8) is 0 Å². The molecular weight excluding hydrogens is 224 g/mol. The summed E-state index contributed by atoms with van der Waals surface area (Å²) in [5.41, 5.74) is 7.40. The lowest BCUT2D eigenvalue weighted by Gasteiger charge is -2.22. The number of anilines is 2. The quantitative estimate of drug-likeness (QED) is 0.831. The molecule has 1 amide bonds. The Balaban J connectivity index is 1.76. The molecular formula is C15H20N2O. The summed E-state index contributed by atoms with van der Waals surface area (Å²) in [6.07, 6.45) is 3.81. The number of nitrogens with two attached hydrogens (primary N) is 1. The molecule has 0 bridgehead atoms. The summed E-state index contributed by atoms with van der Waals surface area (Å²) in [5.74, 6) is 1.98. The minimum absolute atomic E-state index is 0.302. The second kappa shape index (κ2) is 4.30. The minimum atomic E-state index is 0.302. The van der Waals surface area contributed by atoms with Crippen LogP contribution in [0.4, 0.5) is 11.4 Å². The summed E-state index contributed by atoms with van der Waals surface area (Å²) in [5, 5.41) is 0. The van der Waals surface area contributed by atoms with Crippen LogP contribution in [0, 0.1) is 17.8 Å². The van der Waals surface area contributed by atoms with Gasteiger partial charge in [-0.2, -0.15) is 0 Å². The van der Waals surface area contributed by atoms with E-state index in [9.17, 15) is 4.79 Å². The maximum atomic E-state index is 12.5. The van der Waals surface area contributed by atoms with Crippen molar-refractivity contribution < 1.29 is 4.79 Å². The van der Waals surface area contributed by atoms with E-state index in [0.29, 0.717) is 23.7 Å². The molecule has 0 spiro atoms. The summed E-state index contributed by atoms with van der Waals surface area (Å²) in [7, 11) is 0. The van der Waals surface area contributed by atoms with Gasteiger partial charge in [-0.15, -0.1) is 0 Å². The van der Waals surface area contributed by atoms with Crippen LogP contribution in [0.15, 0.2) is 24.3 Å². The van der Waals surface area contributed by atoms with Crippen LogP contribution in [0.2, 0.25) is 0 Å². The van der Waals surface area contributed by atoms with E-state index in [1.165, 1.54) is 19.3 Å². The standard InChI is InChI=1S/C15H20N2O/c1-2-17(11-8-6-10(16)7-9-11)15(18)14-12-4-3-5-13(12)14/h6-9,12-14H,2-5,16H2,1H3. The third-order valence-corrected chi connectivity index (χ3v) is 4.48. The predicted octanol–water partition coefficient (Wildman–Crippen LogP) is 2.67. The molecule has 2 N–H and O–H groups in total. The third kappa shape index (κ3) is 1.78. The lowest BCUT2D eigenvalue weighted by molar-refractivity contribution is -0.120. The van der Waals surface area contributed by atoms with E-state index < -0.39 is 0 Å². The number of fused-ring (bicyclic) bond motifs is 1. The summed E-state index contributed by atoms with van der Waals surface area (Å²) in [6.45, 7) is 2.77. The molecule has 2 fully saturated rings. The van der Waals surface area contributed by atoms with Gasteiger partial charge >= 0.3 is 0 Å². The van der Waals surface area contributed by atoms with Crippen LogP contribution < -0.4 is 10.6 Å². The highest BCUT2D eigenvalue weighted by Gasteiger charge is 2.57. The fourth-order valence-corrected chi connectivity index (χ4v) is 3.49. The Kier molecular flexibility index (Phi) is 2.77. The number of rotatable bonds is 3. The molecule has 96 valence electrons. The number of nitrogen functional groups attached to an aromatic ring is 1. The molecule has 0 saturated heterocycles. The summed E-state index contributed by atoms with van der Waals surface area (Å²) in [4.78, 5) is 14.4. The Morgan fingerprint density at radius 2 is 1.89 bits per heavy atom. The van der Waals surface area contributed by atoms with Crippen LogP contribution in [-0.2, 0) is 4.79 Å². The molecule has 1 aromatic rings. The molecule has 0 radical (unpaired) electrons. The van der Waals surface area contributed by atoms with E-state index in [-0.39, 0.29) is 0 Å². The van der Waals surface area contributed by atoms with Crippen molar-refractivity contribution in [1.29, 1.82) is 0 Å². The van der Waals surface area contributed by atoms with E-state index in [1.54, 1.807) is 0 Å². The molecule has 0 aromatic heterocycles. The van der Waals surface area contributed by atoms with Crippen molar-refractivity contribution in [2.24, 2.45) is 17.8 Å². The number of hydrogen-bond acceptors (Lipinski definition) is 2. The molecule has 2 aliphatic rings. The van der Waals surface area contributed by atoms with Gasteiger partial charge in [-0.05, 0) is 55.9 Å². The molecule has 0 heterocycles. The van der Waals surface area contributed by atoms with Gasteiger partial charge in [-0.25, -0.2) is 0 Å². The fraction of sp³-hybridized carbons (Fsp3) is 0.533. The molecule has 2 saturated carbocycles. The van der Waals surface area contributed by atoms with Crippen LogP contribution in [-0.4, -0.2) is 12.5 Å². The van der Waals surface area contributed by atoms with Crippen molar-refractivity contribution in [1.82, 2.24) is 0 Å². The first-order chi connectivity index (χ1) is 8.72. The second-order valence-corrected chi connectivity index (χ2v) is 5.46. The average molecular weight is 244 g/mol. The smallest absolute Gasteiger partial charge is 0.230 e. The summed E-state index contributed by atoms with van der Waals surface area (Å²) < 4.78 is 0. The molecule has 18 heavy (non-hydrogen) atoms. The minimum Gasteiger partial charge on any atom is -0.399 e. The monoisotopic (exact) mass is 244 g/mol. The highest BCUT2D eigenvalue weighted by Crippen LogP contribution is 2.58. The maximum Gasteiger partial charge on any atom is 0.230 e. The van der Waals surface area contributed by atoms with Crippen LogP contribution in [0.1, 0.15) is 26.2 Å². The van der Waals surface area contributed by atoms with E-state index in [2.05, 4.69) is 0 Å². The van der Waals surface area contributed by atoms with Crippen molar-refractivity contribution in [2.75, 3.05) is 17.2 Å². The molecule has 0 aliphatic heterocycles. The first kappa shape index (κ1) is 11.6.